The first-order valence-corrected chi connectivity index (χ1v) is 7.00. The number of hydrogen-bond acceptors (Lipinski definition) is 2. The normalized spacial score (nSPS) is 19.4. The summed E-state index contributed by atoms with van der Waals surface area (Å²) in [5, 5.41) is 4.26. The summed E-state index contributed by atoms with van der Waals surface area (Å²) in [6, 6.07) is 19.2. The smallest absolute Gasteiger partial charge is 0.0667 e. The van der Waals surface area contributed by atoms with Crippen molar-refractivity contribution in [2.45, 2.75) is 6.04 Å². The standard InChI is InChI=1S/C16H17ClN2/c17-14-6-8-15(9-7-14)19-11-10-18-12-16(19)13-4-2-1-3-5-13/h1-9,16,18H,10-12H2. The van der Waals surface area contributed by atoms with Gasteiger partial charge in [0.1, 0.15) is 0 Å². The Morgan fingerprint density at radius 1 is 1.00 bits per heavy atom. The predicted octanol–water partition coefficient (Wildman–Crippen LogP) is 3.49. The van der Waals surface area contributed by atoms with Crippen molar-refractivity contribution in [3.05, 3.63) is 65.2 Å². The highest BCUT2D eigenvalue weighted by atomic mass is 35.5. The highest BCUT2D eigenvalue weighted by Crippen LogP contribution is 2.29. The SMILES string of the molecule is Clc1ccc(N2CCNCC2c2ccccc2)cc1. The number of benzene rings is 2. The average molecular weight is 273 g/mol. The number of hydrogen-bond donors (Lipinski definition) is 1. The zero-order valence-electron chi connectivity index (χ0n) is 10.7. The van der Waals surface area contributed by atoms with Gasteiger partial charge >= 0.3 is 0 Å². The lowest BCUT2D eigenvalue weighted by atomic mass is 10.0. The van der Waals surface area contributed by atoms with E-state index in [2.05, 4.69) is 52.7 Å². The van der Waals surface area contributed by atoms with Gasteiger partial charge in [-0.3, -0.25) is 0 Å². The molecule has 0 saturated carbocycles. The van der Waals surface area contributed by atoms with Crippen molar-refractivity contribution in [3.63, 3.8) is 0 Å². The zero-order valence-corrected chi connectivity index (χ0v) is 11.5. The Balaban J connectivity index is 1.91. The second kappa shape index (κ2) is 5.64. The van der Waals surface area contributed by atoms with Gasteiger partial charge in [-0.15, -0.1) is 0 Å². The lowest BCUT2D eigenvalue weighted by Gasteiger charge is -2.38. The maximum absolute atomic E-state index is 5.97. The zero-order chi connectivity index (χ0) is 13.1. The van der Waals surface area contributed by atoms with Gasteiger partial charge in [0.25, 0.3) is 0 Å². The van der Waals surface area contributed by atoms with E-state index in [1.165, 1.54) is 11.3 Å². The summed E-state index contributed by atoms with van der Waals surface area (Å²) in [4.78, 5) is 2.45. The van der Waals surface area contributed by atoms with Crippen LogP contribution in [-0.2, 0) is 0 Å². The molecule has 2 aromatic rings. The molecule has 0 aromatic heterocycles. The molecule has 98 valence electrons. The molecular formula is C16H17ClN2. The molecule has 1 N–H and O–H groups in total. The van der Waals surface area contributed by atoms with Crippen LogP contribution in [0.25, 0.3) is 0 Å². The molecular weight excluding hydrogens is 256 g/mol. The maximum Gasteiger partial charge on any atom is 0.0667 e. The van der Waals surface area contributed by atoms with E-state index >= 15 is 0 Å². The topological polar surface area (TPSA) is 15.3 Å². The lowest BCUT2D eigenvalue weighted by Crippen LogP contribution is -2.46. The van der Waals surface area contributed by atoms with Crippen molar-refractivity contribution < 1.29 is 0 Å². The summed E-state index contributed by atoms with van der Waals surface area (Å²) in [5.74, 6) is 0. The fourth-order valence-electron chi connectivity index (χ4n) is 2.62. The molecule has 0 spiro atoms. The Morgan fingerprint density at radius 3 is 2.47 bits per heavy atom. The molecule has 1 unspecified atom stereocenters. The minimum atomic E-state index is 0.385. The number of nitrogens with one attached hydrogen (secondary N) is 1. The van der Waals surface area contributed by atoms with Gasteiger partial charge in [0.15, 0.2) is 0 Å². The first kappa shape index (κ1) is 12.5. The van der Waals surface area contributed by atoms with Crippen LogP contribution in [0.2, 0.25) is 5.02 Å². The summed E-state index contributed by atoms with van der Waals surface area (Å²) in [6.45, 7) is 3.01. The Kier molecular flexibility index (Phi) is 3.72. The molecule has 1 saturated heterocycles. The third-order valence-corrected chi connectivity index (χ3v) is 3.84. The van der Waals surface area contributed by atoms with Gasteiger partial charge in [0, 0.05) is 30.3 Å². The van der Waals surface area contributed by atoms with Crippen LogP contribution in [0.1, 0.15) is 11.6 Å². The molecule has 3 heteroatoms. The molecule has 0 radical (unpaired) electrons. The third kappa shape index (κ3) is 2.75. The molecule has 3 rings (SSSR count). The van der Waals surface area contributed by atoms with Gasteiger partial charge in [0.05, 0.1) is 6.04 Å². The van der Waals surface area contributed by atoms with Crippen LogP contribution in [0, 0.1) is 0 Å². The van der Waals surface area contributed by atoms with Crippen molar-refractivity contribution >= 4 is 17.3 Å². The maximum atomic E-state index is 5.97. The number of rotatable bonds is 2. The predicted molar refractivity (Wildman–Crippen MR) is 80.9 cm³/mol. The molecule has 1 heterocycles. The second-order valence-corrected chi connectivity index (χ2v) is 5.24. The van der Waals surface area contributed by atoms with E-state index in [0.29, 0.717) is 6.04 Å². The Bertz CT molecular complexity index is 524. The van der Waals surface area contributed by atoms with Crippen molar-refractivity contribution in [3.8, 4) is 0 Å². The van der Waals surface area contributed by atoms with E-state index in [1.807, 2.05) is 12.1 Å². The van der Waals surface area contributed by atoms with Gasteiger partial charge in [0.2, 0.25) is 0 Å². The van der Waals surface area contributed by atoms with Crippen LogP contribution in [0.4, 0.5) is 5.69 Å². The first-order valence-electron chi connectivity index (χ1n) is 6.62. The quantitative estimate of drug-likeness (QED) is 0.900. The average Bonchev–Trinajstić information content (AvgIpc) is 2.49. The molecule has 19 heavy (non-hydrogen) atoms. The molecule has 0 amide bonds. The number of anilines is 1. The first-order chi connectivity index (χ1) is 9.34. The van der Waals surface area contributed by atoms with Crippen molar-refractivity contribution in [1.82, 2.24) is 5.32 Å². The third-order valence-electron chi connectivity index (χ3n) is 3.59. The van der Waals surface area contributed by atoms with E-state index in [1.54, 1.807) is 0 Å². The number of nitrogens with zero attached hydrogens (tertiary/aromatic N) is 1. The summed E-state index contributed by atoms with van der Waals surface area (Å²) < 4.78 is 0. The van der Waals surface area contributed by atoms with E-state index in [9.17, 15) is 0 Å². The molecule has 2 nitrogen and oxygen atoms in total. The van der Waals surface area contributed by atoms with Gasteiger partial charge in [-0.05, 0) is 29.8 Å². The molecule has 0 aliphatic carbocycles. The Morgan fingerprint density at radius 2 is 1.74 bits per heavy atom. The highest BCUT2D eigenvalue weighted by Gasteiger charge is 2.23. The molecule has 0 bridgehead atoms. The van der Waals surface area contributed by atoms with Gasteiger partial charge in [-0.2, -0.15) is 0 Å². The Labute approximate surface area is 119 Å². The van der Waals surface area contributed by atoms with E-state index in [-0.39, 0.29) is 0 Å². The van der Waals surface area contributed by atoms with Crippen molar-refractivity contribution in [2.24, 2.45) is 0 Å². The number of piperazine rings is 1. The lowest BCUT2D eigenvalue weighted by molar-refractivity contribution is 0.490. The van der Waals surface area contributed by atoms with Crippen molar-refractivity contribution in [1.29, 1.82) is 0 Å². The highest BCUT2D eigenvalue weighted by molar-refractivity contribution is 6.30. The summed E-state index contributed by atoms with van der Waals surface area (Å²) in [6.07, 6.45) is 0. The van der Waals surface area contributed by atoms with Crippen LogP contribution in [0.15, 0.2) is 54.6 Å². The summed E-state index contributed by atoms with van der Waals surface area (Å²) in [5.41, 5.74) is 2.59. The second-order valence-electron chi connectivity index (χ2n) is 4.80. The van der Waals surface area contributed by atoms with E-state index < -0.39 is 0 Å². The van der Waals surface area contributed by atoms with Gasteiger partial charge in [-0.25, -0.2) is 0 Å². The van der Waals surface area contributed by atoms with Crippen LogP contribution in [0.5, 0.6) is 0 Å². The van der Waals surface area contributed by atoms with Crippen LogP contribution in [0.3, 0.4) is 0 Å². The van der Waals surface area contributed by atoms with E-state index in [0.717, 1.165) is 24.7 Å². The van der Waals surface area contributed by atoms with Gasteiger partial charge in [-0.1, -0.05) is 41.9 Å². The van der Waals surface area contributed by atoms with Crippen molar-refractivity contribution in [2.75, 3.05) is 24.5 Å². The van der Waals surface area contributed by atoms with E-state index in [4.69, 9.17) is 11.6 Å². The molecule has 1 aliphatic rings. The molecule has 1 aliphatic heterocycles. The number of halogens is 1. The Hall–Kier alpha value is -1.51. The fourth-order valence-corrected chi connectivity index (χ4v) is 2.74. The monoisotopic (exact) mass is 272 g/mol. The minimum Gasteiger partial charge on any atom is -0.362 e. The summed E-state index contributed by atoms with van der Waals surface area (Å²) >= 11 is 5.97. The minimum absolute atomic E-state index is 0.385. The fraction of sp³-hybridized carbons (Fsp3) is 0.250. The molecule has 1 atom stereocenters. The largest absolute Gasteiger partial charge is 0.362 e. The molecule has 2 aromatic carbocycles. The van der Waals surface area contributed by atoms with Crippen LogP contribution in [-0.4, -0.2) is 19.6 Å². The van der Waals surface area contributed by atoms with Crippen LogP contribution < -0.4 is 10.2 Å². The molecule has 1 fully saturated rings. The van der Waals surface area contributed by atoms with Gasteiger partial charge < -0.3 is 10.2 Å². The summed E-state index contributed by atoms with van der Waals surface area (Å²) in [7, 11) is 0. The van der Waals surface area contributed by atoms with Crippen LogP contribution >= 0.6 is 11.6 Å².